The van der Waals surface area contributed by atoms with Crippen LogP contribution in [0.15, 0.2) is 18.2 Å². The highest BCUT2D eigenvalue weighted by atomic mass is 19.1. The molecule has 0 aromatic heterocycles. The van der Waals surface area contributed by atoms with E-state index >= 15 is 0 Å². The van der Waals surface area contributed by atoms with Crippen molar-refractivity contribution in [2.75, 3.05) is 0 Å². The first-order chi connectivity index (χ1) is 7.95. The number of nitrogens with one attached hydrogen (secondary N) is 1. The molecule has 0 fully saturated rings. The van der Waals surface area contributed by atoms with E-state index in [-0.39, 0.29) is 5.56 Å². The second-order valence-electron chi connectivity index (χ2n) is 3.73. The number of carboxylic acids is 1. The molecule has 0 aliphatic carbocycles. The fourth-order valence-electron chi connectivity index (χ4n) is 1.46. The van der Waals surface area contributed by atoms with Crippen molar-refractivity contribution in [3.05, 3.63) is 35.1 Å². The standard InChI is InChI=1S/C12H14FNO3/c1-3-10(12(16)17)14-11(15)9-5-4-8(13)6-7(9)2/h4-6,10H,3H2,1-2H3,(H,14,15)(H,16,17)/t10-/m1/s1. The van der Waals surface area contributed by atoms with E-state index < -0.39 is 23.7 Å². The van der Waals surface area contributed by atoms with Crippen molar-refractivity contribution in [3.8, 4) is 0 Å². The highest BCUT2D eigenvalue weighted by molar-refractivity contribution is 5.97. The summed E-state index contributed by atoms with van der Waals surface area (Å²) in [6.45, 7) is 3.26. The second-order valence-corrected chi connectivity index (χ2v) is 3.73. The molecule has 0 spiro atoms. The summed E-state index contributed by atoms with van der Waals surface area (Å²) in [6, 6.07) is 2.82. The predicted octanol–water partition coefficient (Wildman–Crippen LogP) is 1.73. The molecule has 1 amide bonds. The summed E-state index contributed by atoms with van der Waals surface area (Å²) in [5.74, 6) is -2.01. The van der Waals surface area contributed by atoms with Crippen molar-refractivity contribution in [2.45, 2.75) is 26.3 Å². The van der Waals surface area contributed by atoms with Gasteiger partial charge >= 0.3 is 5.97 Å². The Kier molecular flexibility index (Phi) is 4.20. The quantitative estimate of drug-likeness (QED) is 0.840. The van der Waals surface area contributed by atoms with Gasteiger partial charge in [-0.15, -0.1) is 0 Å². The molecule has 2 N–H and O–H groups in total. The molecule has 1 rings (SSSR count). The van der Waals surface area contributed by atoms with Gasteiger partial charge in [0.1, 0.15) is 11.9 Å². The third kappa shape index (κ3) is 3.27. The van der Waals surface area contributed by atoms with Crippen LogP contribution in [0.1, 0.15) is 29.3 Å². The minimum absolute atomic E-state index is 0.283. The molecular weight excluding hydrogens is 225 g/mol. The highest BCUT2D eigenvalue weighted by Crippen LogP contribution is 2.10. The molecular formula is C12H14FNO3. The number of carboxylic acid groups (broad SMARTS) is 1. The fraction of sp³-hybridized carbons (Fsp3) is 0.333. The molecule has 0 unspecified atom stereocenters. The van der Waals surface area contributed by atoms with Gasteiger partial charge < -0.3 is 10.4 Å². The summed E-state index contributed by atoms with van der Waals surface area (Å²) in [5.41, 5.74) is 0.758. The summed E-state index contributed by atoms with van der Waals surface area (Å²) in [6.07, 6.45) is 0.293. The number of halogens is 1. The van der Waals surface area contributed by atoms with Gasteiger partial charge in [0.2, 0.25) is 0 Å². The molecule has 5 heteroatoms. The summed E-state index contributed by atoms with van der Waals surface area (Å²) >= 11 is 0. The van der Waals surface area contributed by atoms with Crippen LogP contribution in [-0.4, -0.2) is 23.0 Å². The third-order valence-corrected chi connectivity index (χ3v) is 2.44. The summed E-state index contributed by atoms with van der Waals surface area (Å²) in [5, 5.41) is 11.2. The Labute approximate surface area is 98.5 Å². The van der Waals surface area contributed by atoms with E-state index in [9.17, 15) is 14.0 Å². The zero-order valence-corrected chi connectivity index (χ0v) is 9.66. The number of amides is 1. The third-order valence-electron chi connectivity index (χ3n) is 2.44. The molecule has 4 nitrogen and oxygen atoms in total. The monoisotopic (exact) mass is 239 g/mol. The predicted molar refractivity (Wildman–Crippen MR) is 60.3 cm³/mol. The minimum Gasteiger partial charge on any atom is -0.480 e. The summed E-state index contributed by atoms with van der Waals surface area (Å²) in [4.78, 5) is 22.5. The van der Waals surface area contributed by atoms with Gasteiger partial charge in [0.15, 0.2) is 0 Å². The Morgan fingerprint density at radius 2 is 2.12 bits per heavy atom. The van der Waals surface area contributed by atoms with Gasteiger partial charge in [-0.2, -0.15) is 0 Å². The van der Waals surface area contributed by atoms with E-state index in [1.165, 1.54) is 18.2 Å². The maximum absolute atomic E-state index is 12.8. The number of carbonyl (C=O) groups excluding carboxylic acids is 1. The second kappa shape index (κ2) is 5.43. The van der Waals surface area contributed by atoms with Gasteiger partial charge in [0.25, 0.3) is 5.91 Å². The maximum Gasteiger partial charge on any atom is 0.326 e. The Hall–Kier alpha value is -1.91. The minimum atomic E-state index is -1.08. The number of benzene rings is 1. The smallest absolute Gasteiger partial charge is 0.326 e. The Bertz CT molecular complexity index is 445. The highest BCUT2D eigenvalue weighted by Gasteiger charge is 2.19. The maximum atomic E-state index is 12.8. The lowest BCUT2D eigenvalue weighted by molar-refractivity contribution is -0.139. The van der Waals surface area contributed by atoms with Crippen LogP contribution in [0.3, 0.4) is 0 Å². The number of hydrogen-bond acceptors (Lipinski definition) is 2. The molecule has 0 bridgehead atoms. The van der Waals surface area contributed by atoms with Gasteiger partial charge in [-0.1, -0.05) is 6.92 Å². The number of hydrogen-bond donors (Lipinski definition) is 2. The van der Waals surface area contributed by atoms with Gasteiger partial charge in [-0.3, -0.25) is 4.79 Å². The van der Waals surface area contributed by atoms with Crippen LogP contribution in [0.5, 0.6) is 0 Å². The van der Waals surface area contributed by atoms with Crippen molar-refractivity contribution in [3.63, 3.8) is 0 Å². The molecule has 1 aromatic rings. The molecule has 17 heavy (non-hydrogen) atoms. The molecule has 0 radical (unpaired) electrons. The Morgan fingerprint density at radius 1 is 1.47 bits per heavy atom. The molecule has 0 heterocycles. The Balaban J connectivity index is 2.86. The zero-order chi connectivity index (χ0) is 13.0. The van der Waals surface area contributed by atoms with Crippen molar-refractivity contribution in [2.24, 2.45) is 0 Å². The average molecular weight is 239 g/mol. The largest absolute Gasteiger partial charge is 0.480 e. The topological polar surface area (TPSA) is 66.4 Å². The van der Waals surface area contributed by atoms with Crippen molar-refractivity contribution < 1.29 is 19.1 Å². The van der Waals surface area contributed by atoms with Crippen LogP contribution in [0.25, 0.3) is 0 Å². The van der Waals surface area contributed by atoms with Crippen LogP contribution in [0.2, 0.25) is 0 Å². The van der Waals surface area contributed by atoms with Gasteiger partial charge in [0.05, 0.1) is 0 Å². The lowest BCUT2D eigenvalue weighted by Gasteiger charge is -2.13. The van der Waals surface area contributed by atoms with Crippen LogP contribution >= 0.6 is 0 Å². The van der Waals surface area contributed by atoms with Crippen LogP contribution in [-0.2, 0) is 4.79 Å². The van der Waals surface area contributed by atoms with E-state index in [1.807, 2.05) is 0 Å². The van der Waals surface area contributed by atoms with Gasteiger partial charge in [-0.25, -0.2) is 9.18 Å². The number of rotatable bonds is 4. The van der Waals surface area contributed by atoms with E-state index in [2.05, 4.69) is 5.32 Å². The van der Waals surface area contributed by atoms with Gasteiger partial charge in [0, 0.05) is 5.56 Å². The molecule has 0 aliphatic heterocycles. The first-order valence-electron chi connectivity index (χ1n) is 5.25. The van der Waals surface area contributed by atoms with Crippen LogP contribution in [0.4, 0.5) is 4.39 Å². The lowest BCUT2D eigenvalue weighted by Crippen LogP contribution is -2.40. The first-order valence-corrected chi connectivity index (χ1v) is 5.25. The number of aryl methyl sites for hydroxylation is 1. The molecule has 0 saturated heterocycles. The van der Waals surface area contributed by atoms with E-state index in [4.69, 9.17) is 5.11 Å². The van der Waals surface area contributed by atoms with Crippen molar-refractivity contribution in [1.29, 1.82) is 0 Å². The van der Waals surface area contributed by atoms with Crippen LogP contribution in [0, 0.1) is 12.7 Å². The Morgan fingerprint density at radius 3 is 2.59 bits per heavy atom. The zero-order valence-electron chi connectivity index (χ0n) is 9.66. The first kappa shape index (κ1) is 13.2. The SMILES string of the molecule is CC[C@@H](NC(=O)c1ccc(F)cc1C)C(=O)O. The lowest BCUT2D eigenvalue weighted by atomic mass is 10.1. The van der Waals surface area contributed by atoms with E-state index in [1.54, 1.807) is 13.8 Å². The van der Waals surface area contributed by atoms with Crippen LogP contribution < -0.4 is 5.32 Å². The summed E-state index contributed by atoms with van der Waals surface area (Å²) < 4.78 is 12.8. The van der Waals surface area contributed by atoms with E-state index in [0.717, 1.165) is 0 Å². The summed E-state index contributed by atoms with van der Waals surface area (Å²) in [7, 11) is 0. The number of aliphatic carboxylic acids is 1. The van der Waals surface area contributed by atoms with E-state index in [0.29, 0.717) is 12.0 Å². The van der Waals surface area contributed by atoms with Gasteiger partial charge in [-0.05, 0) is 37.1 Å². The molecule has 0 saturated carbocycles. The molecule has 92 valence electrons. The molecule has 1 aromatic carbocycles. The average Bonchev–Trinajstić information content (AvgIpc) is 2.24. The molecule has 0 aliphatic rings. The number of carbonyl (C=O) groups is 2. The molecule has 1 atom stereocenters. The van der Waals surface area contributed by atoms with Crippen molar-refractivity contribution >= 4 is 11.9 Å². The normalized spacial score (nSPS) is 11.9. The van der Waals surface area contributed by atoms with Crippen molar-refractivity contribution in [1.82, 2.24) is 5.32 Å². The fourth-order valence-corrected chi connectivity index (χ4v) is 1.46.